The molecule has 3 aromatic rings. The van der Waals surface area contributed by atoms with Crippen LogP contribution < -0.4 is 0 Å². The highest BCUT2D eigenvalue weighted by Gasteiger charge is 2.27. The van der Waals surface area contributed by atoms with E-state index in [9.17, 15) is 0 Å². The van der Waals surface area contributed by atoms with E-state index in [1.807, 2.05) is 42.7 Å². The van der Waals surface area contributed by atoms with Gasteiger partial charge in [0.25, 0.3) is 0 Å². The van der Waals surface area contributed by atoms with Crippen molar-refractivity contribution in [2.24, 2.45) is 7.05 Å². The second kappa shape index (κ2) is 6.76. The number of rotatable bonds is 4. The van der Waals surface area contributed by atoms with E-state index in [4.69, 9.17) is 4.98 Å². The molecule has 1 aliphatic rings. The van der Waals surface area contributed by atoms with E-state index in [-0.39, 0.29) is 0 Å². The first-order valence-corrected chi connectivity index (χ1v) is 8.77. The van der Waals surface area contributed by atoms with Gasteiger partial charge in [-0.1, -0.05) is 30.3 Å². The number of hydrogen-bond acceptors (Lipinski definition) is 4. The molecule has 5 heteroatoms. The molecule has 0 saturated carbocycles. The first-order valence-electron chi connectivity index (χ1n) is 8.77. The summed E-state index contributed by atoms with van der Waals surface area (Å²) in [6, 6.07) is 10.1. The fourth-order valence-electron chi connectivity index (χ4n) is 3.63. The van der Waals surface area contributed by atoms with Gasteiger partial charge in [0.1, 0.15) is 5.82 Å². The summed E-state index contributed by atoms with van der Waals surface area (Å²) in [6.45, 7) is 5.10. The third-order valence-electron chi connectivity index (χ3n) is 4.81. The van der Waals surface area contributed by atoms with Crippen LogP contribution in [0.3, 0.4) is 0 Å². The molecule has 2 aromatic heterocycles. The zero-order valence-electron chi connectivity index (χ0n) is 14.8. The normalized spacial score (nSPS) is 17.9. The molecule has 5 nitrogen and oxygen atoms in total. The Morgan fingerprint density at radius 1 is 1.12 bits per heavy atom. The summed E-state index contributed by atoms with van der Waals surface area (Å²) in [5.74, 6) is 2.51. The van der Waals surface area contributed by atoms with E-state index >= 15 is 0 Å². The Morgan fingerprint density at radius 3 is 2.56 bits per heavy atom. The number of imidazole rings is 1. The molecular formula is C20H23N5. The highest BCUT2D eigenvalue weighted by molar-refractivity contribution is 5.53. The number of nitrogens with zero attached hydrogens (tertiary/aromatic N) is 5. The van der Waals surface area contributed by atoms with Crippen LogP contribution in [0.5, 0.6) is 0 Å². The lowest BCUT2D eigenvalue weighted by Crippen LogP contribution is -2.20. The molecule has 0 amide bonds. The maximum absolute atomic E-state index is 4.69. The first kappa shape index (κ1) is 16.0. The van der Waals surface area contributed by atoms with Crippen LogP contribution in [0.2, 0.25) is 0 Å². The van der Waals surface area contributed by atoms with Crippen molar-refractivity contribution >= 4 is 0 Å². The molecular weight excluding hydrogens is 310 g/mol. The second-order valence-corrected chi connectivity index (χ2v) is 6.85. The lowest BCUT2D eigenvalue weighted by Gasteiger charge is -2.16. The van der Waals surface area contributed by atoms with Crippen LogP contribution in [0.1, 0.15) is 29.4 Å². The highest BCUT2D eigenvalue weighted by atomic mass is 15.2. The zero-order valence-corrected chi connectivity index (χ0v) is 14.8. The monoisotopic (exact) mass is 333 g/mol. The van der Waals surface area contributed by atoms with E-state index < -0.39 is 0 Å². The second-order valence-electron chi connectivity index (χ2n) is 6.85. The van der Waals surface area contributed by atoms with Crippen LogP contribution >= 0.6 is 0 Å². The van der Waals surface area contributed by atoms with Crippen LogP contribution in [-0.4, -0.2) is 37.5 Å². The average molecular weight is 333 g/mol. The largest absolute Gasteiger partial charge is 0.337 e. The van der Waals surface area contributed by atoms with Crippen molar-refractivity contribution in [2.45, 2.75) is 25.8 Å². The van der Waals surface area contributed by atoms with Gasteiger partial charge in [-0.15, -0.1) is 0 Å². The number of aryl methyl sites for hydroxylation is 2. The van der Waals surface area contributed by atoms with Crippen LogP contribution in [0.4, 0.5) is 0 Å². The van der Waals surface area contributed by atoms with E-state index in [2.05, 4.69) is 39.6 Å². The molecule has 0 spiro atoms. The van der Waals surface area contributed by atoms with Gasteiger partial charge in [0, 0.05) is 55.8 Å². The van der Waals surface area contributed by atoms with Crippen molar-refractivity contribution in [3.8, 4) is 11.4 Å². The third-order valence-corrected chi connectivity index (χ3v) is 4.81. The lowest BCUT2D eigenvalue weighted by molar-refractivity contribution is 0.324. The molecule has 0 bridgehead atoms. The molecule has 1 atom stereocenters. The predicted octanol–water partition coefficient (Wildman–Crippen LogP) is 3.18. The van der Waals surface area contributed by atoms with Crippen LogP contribution in [-0.2, 0) is 13.6 Å². The fourth-order valence-corrected chi connectivity index (χ4v) is 3.63. The molecule has 0 unspecified atom stereocenters. The van der Waals surface area contributed by atoms with Crippen molar-refractivity contribution in [2.75, 3.05) is 13.1 Å². The van der Waals surface area contributed by atoms with E-state index in [0.717, 1.165) is 48.7 Å². The zero-order chi connectivity index (χ0) is 17.2. The first-order chi connectivity index (χ1) is 12.2. The Morgan fingerprint density at radius 2 is 1.88 bits per heavy atom. The van der Waals surface area contributed by atoms with Gasteiger partial charge in [-0.3, -0.25) is 4.90 Å². The standard InChI is InChI=1S/C20H23N5/c1-15-12-24(2)20(23-15)18-8-9-25(14-18)13-16-10-21-19(22-11-16)17-6-4-3-5-7-17/h3-7,10-12,18H,8-9,13-14H2,1-2H3/t18-/m0/s1. The SMILES string of the molecule is Cc1cn(C)c([C@H]2CCN(Cc3cnc(-c4ccccc4)nc3)C2)n1. The Kier molecular flexibility index (Phi) is 4.32. The van der Waals surface area contributed by atoms with Gasteiger partial charge in [0.15, 0.2) is 5.82 Å². The summed E-state index contributed by atoms with van der Waals surface area (Å²) >= 11 is 0. The van der Waals surface area contributed by atoms with Crippen molar-refractivity contribution in [1.29, 1.82) is 0 Å². The summed E-state index contributed by atoms with van der Waals surface area (Å²) in [5.41, 5.74) is 3.32. The molecule has 0 radical (unpaired) electrons. The van der Waals surface area contributed by atoms with Crippen LogP contribution in [0.15, 0.2) is 48.9 Å². The van der Waals surface area contributed by atoms with Gasteiger partial charge in [-0.2, -0.15) is 0 Å². The average Bonchev–Trinajstić information content (AvgIpc) is 3.22. The molecule has 25 heavy (non-hydrogen) atoms. The van der Waals surface area contributed by atoms with Gasteiger partial charge in [0.05, 0.1) is 5.69 Å². The van der Waals surface area contributed by atoms with Gasteiger partial charge in [-0.25, -0.2) is 15.0 Å². The Hall–Kier alpha value is -2.53. The molecule has 4 rings (SSSR count). The lowest BCUT2D eigenvalue weighted by atomic mass is 10.1. The van der Waals surface area contributed by atoms with Crippen LogP contribution in [0.25, 0.3) is 11.4 Å². The number of hydrogen-bond donors (Lipinski definition) is 0. The molecule has 0 aliphatic carbocycles. The summed E-state index contributed by atoms with van der Waals surface area (Å²) in [7, 11) is 2.09. The Labute approximate surface area is 148 Å². The number of likely N-dealkylation sites (tertiary alicyclic amines) is 1. The minimum absolute atomic E-state index is 0.517. The molecule has 1 aliphatic heterocycles. The van der Waals surface area contributed by atoms with Crippen molar-refractivity contribution < 1.29 is 0 Å². The smallest absolute Gasteiger partial charge is 0.159 e. The number of aromatic nitrogens is 4. The van der Waals surface area contributed by atoms with E-state index in [1.54, 1.807) is 0 Å². The van der Waals surface area contributed by atoms with E-state index in [0.29, 0.717) is 5.92 Å². The third kappa shape index (κ3) is 3.46. The minimum Gasteiger partial charge on any atom is -0.337 e. The molecule has 1 fully saturated rings. The van der Waals surface area contributed by atoms with Gasteiger partial charge in [0.2, 0.25) is 0 Å². The summed E-state index contributed by atoms with van der Waals surface area (Å²) in [4.78, 5) is 16.2. The Bertz CT molecular complexity index is 838. The molecule has 1 aromatic carbocycles. The molecule has 1 saturated heterocycles. The maximum atomic E-state index is 4.69. The maximum Gasteiger partial charge on any atom is 0.159 e. The summed E-state index contributed by atoms with van der Waals surface area (Å²) in [5, 5.41) is 0. The van der Waals surface area contributed by atoms with Crippen LogP contribution in [0, 0.1) is 6.92 Å². The van der Waals surface area contributed by atoms with Gasteiger partial charge in [-0.05, 0) is 19.9 Å². The molecule has 0 N–H and O–H groups in total. The van der Waals surface area contributed by atoms with Crippen molar-refractivity contribution in [3.05, 3.63) is 66.0 Å². The topological polar surface area (TPSA) is 46.8 Å². The van der Waals surface area contributed by atoms with Gasteiger partial charge >= 0.3 is 0 Å². The summed E-state index contributed by atoms with van der Waals surface area (Å²) < 4.78 is 2.17. The van der Waals surface area contributed by atoms with E-state index in [1.165, 1.54) is 5.82 Å². The summed E-state index contributed by atoms with van der Waals surface area (Å²) in [6.07, 6.45) is 7.17. The van der Waals surface area contributed by atoms with Gasteiger partial charge < -0.3 is 4.57 Å². The minimum atomic E-state index is 0.517. The quantitative estimate of drug-likeness (QED) is 0.736. The van der Waals surface area contributed by atoms with Crippen molar-refractivity contribution in [1.82, 2.24) is 24.4 Å². The Balaban J connectivity index is 1.41. The number of benzene rings is 1. The van der Waals surface area contributed by atoms with Crippen molar-refractivity contribution in [3.63, 3.8) is 0 Å². The molecule has 3 heterocycles. The molecule has 128 valence electrons. The fraction of sp³-hybridized carbons (Fsp3) is 0.350. The highest BCUT2D eigenvalue weighted by Crippen LogP contribution is 2.27. The predicted molar refractivity (Wildman–Crippen MR) is 98.0 cm³/mol.